The molecule has 0 aliphatic carbocycles. The summed E-state index contributed by atoms with van der Waals surface area (Å²) in [5.74, 6) is 1.44. The summed E-state index contributed by atoms with van der Waals surface area (Å²) < 4.78 is 22.0. The Balaban J connectivity index is 2.02. The first-order valence-electron chi connectivity index (χ1n) is 9.86. The number of hydrogen-bond acceptors (Lipinski definition) is 6. The van der Waals surface area contributed by atoms with Crippen molar-refractivity contribution >= 4 is 0 Å². The van der Waals surface area contributed by atoms with Crippen LogP contribution >= 0.6 is 0 Å². The van der Waals surface area contributed by atoms with Gasteiger partial charge in [-0.15, -0.1) is 0 Å². The molecule has 0 aliphatic rings. The Morgan fingerprint density at radius 3 is 1.34 bits per heavy atom. The van der Waals surface area contributed by atoms with Crippen molar-refractivity contribution in [2.24, 2.45) is 0 Å². The van der Waals surface area contributed by atoms with Crippen molar-refractivity contribution in [2.75, 3.05) is 26.4 Å². The quantitative estimate of drug-likeness (QED) is 0.528. The molecule has 0 aliphatic heterocycles. The molecule has 6 heteroatoms. The highest BCUT2D eigenvalue weighted by Crippen LogP contribution is 2.33. The van der Waals surface area contributed by atoms with E-state index < -0.39 is 12.6 Å². The number of aliphatic hydroxyl groups excluding tert-OH is 2. The van der Waals surface area contributed by atoms with Gasteiger partial charge in [-0.25, -0.2) is 0 Å². The van der Waals surface area contributed by atoms with Crippen molar-refractivity contribution in [1.82, 2.24) is 0 Å². The van der Waals surface area contributed by atoms with Gasteiger partial charge >= 0.3 is 0 Å². The van der Waals surface area contributed by atoms with Gasteiger partial charge < -0.3 is 29.2 Å². The Bertz CT molecular complexity index is 650. The van der Waals surface area contributed by atoms with Gasteiger partial charge in [0, 0.05) is 5.41 Å². The summed E-state index contributed by atoms with van der Waals surface area (Å²) in [6.07, 6.45) is -0.838. The molecule has 2 N–H and O–H groups in total. The molecule has 0 amide bonds. The van der Waals surface area contributed by atoms with Crippen LogP contribution in [-0.4, -0.2) is 49.2 Å². The molecule has 0 saturated carbocycles. The SMILES string of the molecule is CC(OCCO)Oc1ccc(C(C)(C)c2ccc(OC(C)OCCO)cc2)cc1. The molecule has 2 rings (SSSR count). The molecule has 29 heavy (non-hydrogen) atoms. The van der Waals surface area contributed by atoms with E-state index in [1.54, 1.807) is 13.8 Å². The second-order valence-corrected chi connectivity index (χ2v) is 7.23. The Kier molecular flexibility index (Phi) is 8.92. The maximum atomic E-state index is 8.81. The van der Waals surface area contributed by atoms with E-state index in [2.05, 4.69) is 13.8 Å². The largest absolute Gasteiger partial charge is 0.465 e. The molecule has 2 unspecified atom stereocenters. The van der Waals surface area contributed by atoms with E-state index in [0.717, 1.165) is 22.6 Å². The van der Waals surface area contributed by atoms with Gasteiger partial charge in [-0.3, -0.25) is 0 Å². The molecule has 2 aromatic carbocycles. The molecule has 2 aromatic rings. The van der Waals surface area contributed by atoms with Crippen LogP contribution in [0.3, 0.4) is 0 Å². The Morgan fingerprint density at radius 2 is 1.03 bits per heavy atom. The number of rotatable bonds is 12. The molecule has 0 heterocycles. The van der Waals surface area contributed by atoms with E-state index in [9.17, 15) is 0 Å². The Hall–Kier alpha value is -2.12. The van der Waals surface area contributed by atoms with Crippen LogP contribution in [0.15, 0.2) is 48.5 Å². The number of hydrogen-bond donors (Lipinski definition) is 2. The van der Waals surface area contributed by atoms with Crippen LogP contribution in [0.5, 0.6) is 11.5 Å². The molecule has 0 aromatic heterocycles. The zero-order chi connectivity index (χ0) is 21.3. The molecule has 2 atom stereocenters. The first-order chi connectivity index (χ1) is 13.9. The van der Waals surface area contributed by atoms with E-state index in [4.69, 9.17) is 29.2 Å². The monoisotopic (exact) mass is 404 g/mol. The smallest absolute Gasteiger partial charge is 0.197 e. The van der Waals surface area contributed by atoms with Gasteiger partial charge in [-0.1, -0.05) is 38.1 Å². The second-order valence-electron chi connectivity index (χ2n) is 7.23. The van der Waals surface area contributed by atoms with Crippen LogP contribution in [0, 0.1) is 0 Å². The van der Waals surface area contributed by atoms with Gasteiger partial charge in [0.05, 0.1) is 26.4 Å². The zero-order valence-corrected chi connectivity index (χ0v) is 17.6. The molecule has 0 saturated heterocycles. The molecule has 0 radical (unpaired) electrons. The Morgan fingerprint density at radius 1 is 0.690 bits per heavy atom. The summed E-state index contributed by atoms with van der Waals surface area (Å²) in [5.41, 5.74) is 2.11. The molecule has 0 spiro atoms. The van der Waals surface area contributed by atoms with Crippen molar-refractivity contribution in [3.8, 4) is 11.5 Å². The van der Waals surface area contributed by atoms with Crippen LogP contribution in [-0.2, 0) is 14.9 Å². The van der Waals surface area contributed by atoms with Gasteiger partial charge in [-0.2, -0.15) is 0 Å². The van der Waals surface area contributed by atoms with Gasteiger partial charge in [0.25, 0.3) is 0 Å². The molecule has 6 nitrogen and oxygen atoms in total. The average Bonchev–Trinajstić information content (AvgIpc) is 2.71. The average molecular weight is 405 g/mol. The number of benzene rings is 2. The van der Waals surface area contributed by atoms with Crippen LogP contribution in [0.1, 0.15) is 38.8 Å². The van der Waals surface area contributed by atoms with E-state index in [-0.39, 0.29) is 31.8 Å². The minimum Gasteiger partial charge on any atom is -0.465 e. The number of aliphatic hydroxyl groups is 2. The third kappa shape index (κ3) is 7.01. The van der Waals surface area contributed by atoms with Gasteiger partial charge in [0.1, 0.15) is 11.5 Å². The lowest BCUT2D eigenvalue weighted by molar-refractivity contribution is -0.0762. The predicted molar refractivity (Wildman–Crippen MR) is 111 cm³/mol. The van der Waals surface area contributed by atoms with E-state index in [1.165, 1.54) is 0 Å². The molecule has 0 bridgehead atoms. The summed E-state index contributed by atoms with van der Waals surface area (Å²) in [4.78, 5) is 0. The zero-order valence-electron chi connectivity index (χ0n) is 17.6. The van der Waals surface area contributed by atoms with Gasteiger partial charge in [-0.05, 0) is 49.2 Å². The first kappa shape index (κ1) is 23.2. The first-order valence-corrected chi connectivity index (χ1v) is 9.86. The third-order valence-corrected chi connectivity index (χ3v) is 4.64. The topological polar surface area (TPSA) is 77.4 Å². The minimum atomic E-state index is -0.419. The molecule has 160 valence electrons. The summed E-state index contributed by atoms with van der Waals surface area (Å²) >= 11 is 0. The standard InChI is InChI=1S/C23H32O6/c1-17(26-15-13-24)28-21-9-5-19(6-10-21)23(3,4)20-7-11-22(12-8-20)29-18(2)27-16-14-25/h5-12,17-18,24-25H,13-16H2,1-4H3. The fourth-order valence-electron chi connectivity index (χ4n) is 2.96. The highest BCUT2D eigenvalue weighted by Gasteiger charge is 2.23. The molecular formula is C23H32O6. The lowest BCUT2D eigenvalue weighted by Gasteiger charge is -2.27. The van der Waals surface area contributed by atoms with Crippen molar-refractivity contribution in [3.05, 3.63) is 59.7 Å². The van der Waals surface area contributed by atoms with Crippen LogP contribution in [0.2, 0.25) is 0 Å². The summed E-state index contributed by atoms with van der Waals surface area (Å²) in [5, 5.41) is 17.6. The van der Waals surface area contributed by atoms with Gasteiger partial charge in [0.2, 0.25) is 0 Å². The third-order valence-electron chi connectivity index (χ3n) is 4.64. The van der Waals surface area contributed by atoms with Crippen molar-refractivity contribution < 1.29 is 29.2 Å². The normalized spacial score (nSPS) is 13.7. The summed E-state index contributed by atoms with van der Waals surface area (Å²) in [7, 11) is 0. The lowest BCUT2D eigenvalue weighted by Crippen LogP contribution is -2.20. The highest BCUT2D eigenvalue weighted by molar-refractivity contribution is 5.41. The predicted octanol–water partition coefficient (Wildman–Crippen LogP) is 3.48. The van der Waals surface area contributed by atoms with E-state index in [0.29, 0.717) is 0 Å². The van der Waals surface area contributed by atoms with E-state index in [1.807, 2.05) is 48.5 Å². The molecular weight excluding hydrogens is 372 g/mol. The summed E-state index contributed by atoms with van der Waals surface area (Å²) in [6, 6.07) is 15.9. The van der Waals surface area contributed by atoms with Gasteiger partial charge in [0.15, 0.2) is 12.6 Å². The maximum absolute atomic E-state index is 8.81. The van der Waals surface area contributed by atoms with Crippen molar-refractivity contribution in [3.63, 3.8) is 0 Å². The fourth-order valence-corrected chi connectivity index (χ4v) is 2.96. The fraction of sp³-hybridized carbons (Fsp3) is 0.478. The molecule has 0 fully saturated rings. The van der Waals surface area contributed by atoms with Crippen LogP contribution < -0.4 is 9.47 Å². The van der Waals surface area contributed by atoms with Crippen LogP contribution in [0.25, 0.3) is 0 Å². The summed E-state index contributed by atoms with van der Waals surface area (Å²) in [6.45, 7) is 8.37. The van der Waals surface area contributed by atoms with E-state index >= 15 is 0 Å². The maximum Gasteiger partial charge on any atom is 0.197 e. The van der Waals surface area contributed by atoms with Crippen molar-refractivity contribution in [1.29, 1.82) is 0 Å². The van der Waals surface area contributed by atoms with Crippen LogP contribution in [0.4, 0.5) is 0 Å². The minimum absolute atomic E-state index is 0.0285. The highest BCUT2D eigenvalue weighted by atomic mass is 16.7. The second kappa shape index (κ2) is 11.2. The lowest BCUT2D eigenvalue weighted by atomic mass is 9.78. The Labute approximate surface area is 173 Å². The van der Waals surface area contributed by atoms with Crippen molar-refractivity contribution in [2.45, 2.75) is 45.7 Å². The number of ether oxygens (including phenoxy) is 4.